The van der Waals surface area contributed by atoms with Gasteiger partial charge in [-0.1, -0.05) is 12.8 Å². The number of carbonyl (C=O) groups excluding carboxylic acids is 2. The number of benzene rings is 2. The smallest absolute Gasteiger partial charge is 0.321 e. The zero-order valence-electron chi connectivity index (χ0n) is 15.4. The third-order valence-electron chi connectivity index (χ3n) is 4.87. The van der Waals surface area contributed by atoms with Gasteiger partial charge in [-0.05, 0) is 55.3 Å². The maximum atomic E-state index is 12.4. The molecule has 8 nitrogen and oxygen atoms in total. The second-order valence-corrected chi connectivity index (χ2v) is 6.89. The summed E-state index contributed by atoms with van der Waals surface area (Å²) in [5, 5.41) is 16.3. The first-order chi connectivity index (χ1) is 13.7. The lowest BCUT2D eigenvalue weighted by Gasteiger charge is -2.20. The summed E-state index contributed by atoms with van der Waals surface area (Å²) in [6.07, 6.45) is 4.47. The maximum Gasteiger partial charge on any atom is 0.321 e. The van der Waals surface area contributed by atoms with Crippen molar-refractivity contribution in [2.75, 3.05) is 23.7 Å². The third kappa shape index (κ3) is 4.11. The lowest BCUT2D eigenvalue weighted by molar-refractivity contribution is 0.102. The number of amides is 3. The van der Waals surface area contributed by atoms with Crippen LogP contribution in [-0.2, 0) is 0 Å². The van der Waals surface area contributed by atoms with Crippen LogP contribution in [0.5, 0.6) is 0 Å². The van der Waals surface area contributed by atoms with Crippen LogP contribution in [0.25, 0.3) is 11.0 Å². The molecule has 1 saturated heterocycles. The van der Waals surface area contributed by atoms with E-state index in [2.05, 4.69) is 26.0 Å². The van der Waals surface area contributed by atoms with Gasteiger partial charge >= 0.3 is 6.03 Å². The SMILES string of the molecule is O=C(Nc1ccc(NC(=O)N2CCCCCC2)cc1)c1ccc2n[nH]nc2c1. The molecule has 1 aliphatic heterocycles. The zero-order valence-corrected chi connectivity index (χ0v) is 15.4. The number of hydrogen-bond donors (Lipinski definition) is 3. The van der Waals surface area contributed by atoms with Gasteiger partial charge in [0.2, 0.25) is 0 Å². The van der Waals surface area contributed by atoms with E-state index < -0.39 is 0 Å². The minimum Gasteiger partial charge on any atom is -0.325 e. The molecule has 1 aliphatic rings. The van der Waals surface area contributed by atoms with Crippen molar-refractivity contribution in [1.29, 1.82) is 0 Å². The van der Waals surface area contributed by atoms with E-state index >= 15 is 0 Å². The molecular formula is C20H22N6O2. The fourth-order valence-electron chi connectivity index (χ4n) is 3.30. The van der Waals surface area contributed by atoms with Crippen LogP contribution in [0.2, 0.25) is 0 Å². The van der Waals surface area contributed by atoms with E-state index in [0.717, 1.165) is 25.9 Å². The predicted octanol–water partition coefficient (Wildman–Crippen LogP) is 3.62. The second-order valence-electron chi connectivity index (χ2n) is 6.89. The predicted molar refractivity (Wildman–Crippen MR) is 107 cm³/mol. The van der Waals surface area contributed by atoms with Gasteiger partial charge in [-0.3, -0.25) is 4.79 Å². The average Bonchev–Trinajstić information content (AvgIpc) is 3.01. The quantitative estimate of drug-likeness (QED) is 0.648. The fraction of sp³-hybridized carbons (Fsp3) is 0.300. The number of nitrogens with zero attached hydrogens (tertiary/aromatic N) is 3. The minimum atomic E-state index is -0.230. The Hall–Kier alpha value is -3.42. The van der Waals surface area contributed by atoms with Crippen molar-refractivity contribution in [3.8, 4) is 0 Å². The van der Waals surface area contributed by atoms with Crippen molar-refractivity contribution in [1.82, 2.24) is 20.3 Å². The molecule has 0 saturated carbocycles. The molecule has 0 radical (unpaired) electrons. The molecule has 0 aliphatic carbocycles. The molecule has 144 valence electrons. The molecule has 2 aromatic carbocycles. The summed E-state index contributed by atoms with van der Waals surface area (Å²) in [7, 11) is 0. The number of anilines is 2. The Morgan fingerprint density at radius 2 is 1.46 bits per heavy atom. The van der Waals surface area contributed by atoms with Gasteiger partial charge in [-0.2, -0.15) is 15.4 Å². The van der Waals surface area contributed by atoms with Crippen LogP contribution in [-0.4, -0.2) is 45.3 Å². The van der Waals surface area contributed by atoms with Gasteiger partial charge in [0.15, 0.2) is 0 Å². The Morgan fingerprint density at radius 3 is 2.18 bits per heavy atom. The molecule has 28 heavy (non-hydrogen) atoms. The molecule has 0 atom stereocenters. The number of nitrogens with one attached hydrogen (secondary N) is 3. The van der Waals surface area contributed by atoms with Crippen LogP contribution in [0.1, 0.15) is 36.0 Å². The maximum absolute atomic E-state index is 12.4. The number of fused-ring (bicyclic) bond motifs is 1. The molecular weight excluding hydrogens is 356 g/mol. The molecule has 8 heteroatoms. The molecule has 0 spiro atoms. The molecule has 2 heterocycles. The van der Waals surface area contributed by atoms with Crippen LogP contribution in [0.4, 0.5) is 16.2 Å². The Labute approximate surface area is 162 Å². The van der Waals surface area contributed by atoms with Gasteiger partial charge in [-0.25, -0.2) is 4.79 Å². The highest BCUT2D eigenvalue weighted by Gasteiger charge is 2.15. The summed E-state index contributed by atoms with van der Waals surface area (Å²) >= 11 is 0. The van der Waals surface area contributed by atoms with Gasteiger partial charge in [0.05, 0.1) is 0 Å². The van der Waals surface area contributed by atoms with Gasteiger partial charge in [0.25, 0.3) is 5.91 Å². The number of likely N-dealkylation sites (tertiary alicyclic amines) is 1. The molecule has 1 fully saturated rings. The van der Waals surface area contributed by atoms with Crippen molar-refractivity contribution in [3.63, 3.8) is 0 Å². The molecule has 4 rings (SSSR count). The van der Waals surface area contributed by atoms with E-state index in [1.807, 2.05) is 4.90 Å². The topological polar surface area (TPSA) is 103 Å². The third-order valence-corrected chi connectivity index (χ3v) is 4.87. The lowest BCUT2D eigenvalue weighted by Crippen LogP contribution is -2.35. The van der Waals surface area contributed by atoms with E-state index in [0.29, 0.717) is 28.0 Å². The molecule has 1 aromatic heterocycles. The molecule has 3 N–H and O–H groups in total. The molecule has 0 bridgehead atoms. The van der Waals surface area contributed by atoms with Crippen molar-refractivity contribution < 1.29 is 9.59 Å². The molecule has 3 aromatic rings. The monoisotopic (exact) mass is 378 g/mol. The van der Waals surface area contributed by atoms with Gasteiger partial charge in [0.1, 0.15) is 11.0 Å². The van der Waals surface area contributed by atoms with Gasteiger partial charge < -0.3 is 15.5 Å². The van der Waals surface area contributed by atoms with E-state index in [9.17, 15) is 9.59 Å². The summed E-state index contributed by atoms with van der Waals surface area (Å²) in [5.41, 5.74) is 3.20. The zero-order chi connectivity index (χ0) is 19.3. The van der Waals surface area contributed by atoms with Crippen molar-refractivity contribution in [3.05, 3.63) is 48.0 Å². The second kappa shape index (κ2) is 8.08. The van der Waals surface area contributed by atoms with E-state index in [1.54, 1.807) is 42.5 Å². The normalized spacial score (nSPS) is 14.5. The number of H-pyrrole nitrogens is 1. The summed E-state index contributed by atoms with van der Waals surface area (Å²) in [6.45, 7) is 1.60. The van der Waals surface area contributed by atoms with E-state index in [-0.39, 0.29) is 11.9 Å². The van der Waals surface area contributed by atoms with Crippen LogP contribution in [0, 0.1) is 0 Å². The summed E-state index contributed by atoms with van der Waals surface area (Å²) in [5.74, 6) is -0.230. The van der Waals surface area contributed by atoms with Crippen molar-refractivity contribution in [2.24, 2.45) is 0 Å². The largest absolute Gasteiger partial charge is 0.325 e. The Balaban J connectivity index is 1.37. The standard InChI is InChI=1S/C20H22N6O2/c27-19(14-5-10-17-18(13-14)24-25-23-17)21-15-6-8-16(9-7-15)22-20(28)26-11-3-1-2-4-12-26/h5-10,13H,1-4,11-12H2,(H,21,27)(H,22,28)(H,23,24,25). The highest BCUT2D eigenvalue weighted by Crippen LogP contribution is 2.17. The molecule has 3 amide bonds. The minimum absolute atomic E-state index is 0.0698. The van der Waals surface area contributed by atoms with Crippen LogP contribution < -0.4 is 10.6 Å². The highest BCUT2D eigenvalue weighted by molar-refractivity contribution is 6.06. The van der Waals surface area contributed by atoms with Crippen molar-refractivity contribution >= 4 is 34.3 Å². The number of aromatic nitrogens is 3. The van der Waals surface area contributed by atoms with Crippen LogP contribution in [0.3, 0.4) is 0 Å². The van der Waals surface area contributed by atoms with E-state index in [1.165, 1.54) is 12.8 Å². The first-order valence-electron chi connectivity index (χ1n) is 9.47. The van der Waals surface area contributed by atoms with Gasteiger partial charge in [0, 0.05) is 30.0 Å². The Bertz CT molecular complexity index is 974. The Kier molecular flexibility index (Phi) is 5.18. The molecule has 0 unspecified atom stereocenters. The summed E-state index contributed by atoms with van der Waals surface area (Å²) < 4.78 is 0. The highest BCUT2D eigenvalue weighted by atomic mass is 16.2. The number of aromatic amines is 1. The number of hydrogen-bond acceptors (Lipinski definition) is 4. The average molecular weight is 378 g/mol. The fourth-order valence-corrected chi connectivity index (χ4v) is 3.30. The van der Waals surface area contributed by atoms with Crippen LogP contribution in [0.15, 0.2) is 42.5 Å². The first-order valence-corrected chi connectivity index (χ1v) is 9.47. The van der Waals surface area contributed by atoms with Gasteiger partial charge in [-0.15, -0.1) is 0 Å². The Morgan fingerprint density at radius 1 is 0.821 bits per heavy atom. The van der Waals surface area contributed by atoms with E-state index in [4.69, 9.17) is 0 Å². The van der Waals surface area contributed by atoms with Crippen molar-refractivity contribution in [2.45, 2.75) is 25.7 Å². The number of urea groups is 1. The van der Waals surface area contributed by atoms with Crippen LogP contribution >= 0.6 is 0 Å². The number of carbonyl (C=O) groups is 2. The first kappa shape index (κ1) is 18.0. The number of rotatable bonds is 3. The lowest BCUT2D eigenvalue weighted by atomic mass is 10.2. The summed E-state index contributed by atoms with van der Waals surface area (Å²) in [4.78, 5) is 26.7. The summed E-state index contributed by atoms with van der Waals surface area (Å²) in [6, 6.07) is 12.2.